The fourth-order valence-electron chi connectivity index (χ4n) is 4.59. The summed E-state index contributed by atoms with van der Waals surface area (Å²) < 4.78 is 0. The molecule has 2 rings (SSSR count). The maximum absolute atomic E-state index is 6.15. The van der Waals surface area contributed by atoms with Gasteiger partial charge in [0.15, 0.2) is 0 Å². The zero-order valence-corrected chi connectivity index (χ0v) is 21.8. The van der Waals surface area contributed by atoms with Gasteiger partial charge in [0.25, 0.3) is 0 Å². The Labute approximate surface area is 201 Å². The minimum absolute atomic E-state index is 0.178. The van der Waals surface area contributed by atoms with E-state index in [1.54, 1.807) is 0 Å². The number of likely N-dealkylation sites (N-methyl/N-ethyl adjacent to an activating group) is 1. The third kappa shape index (κ3) is 8.40. The predicted molar refractivity (Wildman–Crippen MR) is 139 cm³/mol. The number of benzene rings is 1. The molecule has 1 aliphatic rings. The van der Waals surface area contributed by atoms with Gasteiger partial charge in [0.05, 0.1) is 6.04 Å². The first kappa shape index (κ1) is 26.7. The van der Waals surface area contributed by atoms with Crippen LogP contribution in [0.25, 0.3) is 0 Å². The van der Waals surface area contributed by atoms with Gasteiger partial charge in [-0.2, -0.15) is 5.11 Å². The molecule has 0 aromatic heterocycles. The van der Waals surface area contributed by atoms with Crippen molar-refractivity contribution in [3.8, 4) is 0 Å². The van der Waals surface area contributed by atoms with Crippen molar-refractivity contribution in [2.75, 3.05) is 25.5 Å². The largest absolute Gasteiger partial charge is 0.378 e. The molecule has 3 atom stereocenters. The zero-order chi connectivity index (χ0) is 23.5. The van der Waals surface area contributed by atoms with E-state index in [9.17, 15) is 0 Å². The highest BCUT2D eigenvalue weighted by Gasteiger charge is 2.27. The molecule has 0 aliphatic heterocycles. The van der Waals surface area contributed by atoms with Crippen molar-refractivity contribution in [1.29, 1.82) is 0 Å². The van der Waals surface area contributed by atoms with Crippen LogP contribution in [0.4, 0.5) is 5.69 Å². The van der Waals surface area contributed by atoms with Gasteiger partial charge in [0.1, 0.15) is 0 Å². The van der Waals surface area contributed by atoms with Gasteiger partial charge in [-0.1, -0.05) is 60.7 Å². The molecule has 0 radical (unpaired) electrons. The first-order valence-electron chi connectivity index (χ1n) is 12.4. The van der Waals surface area contributed by atoms with Gasteiger partial charge < -0.3 is 5.32 Å². The van der Waals surface area contributed by atoms with Crippen LogP contribution in [0.2, 0.25) is 5.02 Å². The van der Waals surface area contributed by atoms with Gasteiger partial charge in [-0.25, -0.2) is 0 Å². The van der Waals surface area contributed by atoms with E-state index in [-0.39, 0.29) is 12.1 Å². The molecule has 5 nitrogen and oxygen atoms in total. The highest BCUT2D eigenvalue weighted by molar-refractivity contribution is 6.30. The first-order valence-corrected chi connectivity index (χ1v) is 12.8. The number of rotatable bonds is 12. The monoisotopic (exact) mass is 461 g/mol. The van der Waals surface area contributed by atoms with Gasteiger partial charge in [-0.15, -0.1) is 0 Å². The van der Waals surface area contributed by atoms with Gasteiger partial charge in [0.2, 0.25) is 0 Å². The lowest BCUT2D eigenvalue weighted by Gasteiger charge is -2.39. The fraction of sp³-hybridized carbons (Fsp3) is 0.692. The quantitative estimate of drug-likeness (QED) is 0.203. The van der Waals surface area contributed by atoms with E-state index in [0.717, 1.165) is 30.2 Å². The second-order valence-electron chi connectivity index (χ2n) is 9.22. The molecular weight excluding hydrogens is 418 g/mol. The summed E-state index contributed by atoms with van der Waals surface area (Å²) in [5.74, 6) is 0. The standard InChI is InChI=1S/C26H44ClN5/c1-7-20(3)26(28-24-14-12-13-23(27)19-24)17-18-31(6)30-29-21(4)22(5)32(8-2)25-15-10-9-11-16-25/h7,12-14,19,21-22,25-26,28H,8-11,15-18H2,1-6H3/b20-7+,30-29-/t21-,22?,26?/m0/s1. The van der Waals surface area contributed by atoms with E-state index < -0.39 is 0 Å². The molecule has 1 saturated carbocycles. The molecule has 6 heteroatoms. The summed E-state index contributed by atoms with van der Waals surface area (Å²) >= 11 is 6.15. The molecule has 1 aliphatic carbocycles. The molecule has 0 saturated heterocycles. The average Bonchev–Trinajstić information content (AvgIpc) is 2.80. The molecule has 0 amide bonds. The predicted octanol–water partition coefficient (Wildman–Crippen LogP) is 7.21. The van der Waals surface area contributed by atoms with Crippen LogP contribution in [0.15, 0.2) is 46.3 Å². The van der Waals surface area contributed by atoms with Gasteiger partial charge >= 0.3 is 0 Å². The van der Waals surface area contributed by atoms with Crippen molar-refractivity contribution in [2.45, 2.75) is 97.3 Å². The highest BCUT2D eigenvalue weighted by Crippen LogP contribution is 2.25. The molecule has 1 N–H and O–H groups in total. The van der Waals surface area contributed by atoms with E-state index in [1.165, 1.54) is 37.7 Å². The maximum Gasteiger partial charge on any atom is 0.0853 e. The lowest BCUT2D eigenvalue weighted by atomic mass is 9.92. The number of hydrogen-bond donors (Lipinski definition) is 1. The summed E-state index contributed by atoms with van der Waals surface area (Å²) in [4.78, 5) is 2.64. The van der Waals surface area contributed by atoms with Crippen LogP contribution in [0.3, 0.4) is 0 Å². The Morgan fingerprint density at radius 1 is 1.25 bits per heavy atom. The van der Waals surface area contributed by atoms with Crippen molar-refractivity contribution in [3.63, 3.8) is 0 Å². The lowest BCUT2D eigenvalue weighted by Crippen LogP contribution is -2.46. The first-order chi connectivity index (χ1) is 15.3. The topological polar surface area (TPSA) is 43.2 Å². The molecule has 32 heavy (non-hydrogen) atoms. The highest BCUT2D eigenvalue weighted by atomic mass is 35.5. The molecule has 0 heterocycles. The second kappa shape index (κ2) is 13.8. The number of allylic oxidation sites excluding steroid dienone is 1. The Bertz CT molecular complexity index is 729. The van der Waals surface area contributed by atoms with Crippen molar-refractivity contribution in [2.24, 2.45) is 10.3 Å². The molecule has 0 bridgehead atoms. The van der Waals surface area contributed by atoms with E-state index in [1.807, 2.05) is 30.3 Å². The van der Waals surface area contributed by atoms with Gasteiger partial charge in [-0.3, -0.25) is 9.91 Å². The minimum atomic E-state index is 0.178. The molecule has 1 aromatic rings. The van der Waals surface area contributed by atoms with Crippen LogP contribution in [-0.4, -0.2) is 54.2 Å². The zero-order valence-electron chi connectivity index (χ0n) is 21.0. The Kier molecular flexibility index (Phi) is 11.5. The van der Waals surface area contributed by atoms with Crippen molar-refractivity contribution in [3.05, 3.63) is 40.9 Å². The van der Waals surface area contributed by atoms with Crippen molar-refractivity contribution in [1.82, 2.24) is 9.91 Å². The second-order valence-corrected chi connectivity index (χ2v) is 9.65. The van der Waals surface area contributed by atoms with Crippen molar-refractivity contribution >= 4 is 17.3 Å². The summed E-state index contributed by atoms with van der Waals surface area (Å²) in [6.45, 7) is 12.9. The molecule has 1 aromatic carbocycles. The molecule has 1 fully saturated rings. The average molecular weight is 462 g/mol. The number of nitrogens with zero attached hydrogens (tertiary/aromatic N) is 4. The Hall–Kier alpha value is -1.59. The summed E-state index contributed by atoms with van der Waals surface area (Å²) in [6, 6.07) is 9.42. The van der Waals surface area contributed by atoms with Crippen LogP contribution < -0.4 is 5.32 Å². The van der Waals surface area contributed by atoms with Gasteiger partial charge in [0, 0.05) is 42.4 Å². The van der Waals surface area contributed by atoms with E-state index in [4.69, 9.17) is 11.6 Å². The third-order valence-corrected chi connectivity index (χ3v) is 7.16. The summed E-state index contributed by atoms with van der Waals surface area (Å²) in [6.07, 6.45) is 9.87. The van der Waals surface area contributed by atoms with Gasteiger partial charge in [-0.05, 0) is 71.7 Å². The van der Waals surface area contributed by atoms with Crippen LogP contribution >= 0.6 is 11.6 Å². The number of anilines is 1. The molecular formula is C26H44ClN5. The summed E-state index contributed by atoms with van der Waals surface area (Å²) in [5.41, 5.74) is 2.35. The van der Waals surface area contributed by atoms with Crippen LogP contribution in [0.1, 0.15) is 73.1 Å². The molecule has 0 spiro atoms. The lowest BCUT2D eigenvalue weighted by molar-refractivity contribution is 0.104. The van der Waals surface area contributed by atoms with E-state index in [2.05, 4.69) is 67.3 Å². The Balaban J connectivity index is 1.89. The third-order valence-electron chi connectivity index (χ3n) is 6.93. The van der Waals surface area contributed by atoms with Crippen LogP contribution in [-0.2, 0) is 0 Å². The number of nitrogens with one attached hydrogen (secondary N) is 1. The summed E-state index contributed by atoms with van der Waals surface area (Å²) in [5, 5.41) is 15.6. The number of halogens is 1. The van der Waals surface area contributed by atoms with E-state index in [0.29, 0.717) is 12.1 Å². The van der Waals surface area contributed by atoms with Crippen molar-refractivity contribution < 1.29 is 0 Å². The number of hydrogen-bond acceptors (Lipinski definition) is 4. The van der Waals surface area contributed by atoms with Crippen LogP contribution in [0.5, 0.6) is 0 Å². The Morgan fingerprint density at radius 2 is 1.97 bits per heavy atom. The fourth-order valence-corrected chi connectivity index (χ4v) is 4.78. The smallest absolute Gasteiger partial charge is 0.0853 e. The molecule has 2 unspecified atom stereocenters. The minimum Gasteiger partial charge on any atom is -0.378 e. The maximum atomic E-state index is 6.15. The SMILES string of the molecule is C/C=C(\C)C(CCN(C)/N=N\[C@@H](C)C(C)N(CC)C1CCCCC1)Nc1cccc(Cl)c1. The Morgan fingerprint density at radius 3 is 2.59 bits per heavy atom. The molecule has 180 valence electrons. The summed E-state index contributed by atoms with van der Waals surface area (Å²) in [7, 11) is 2.01. The van der Waals surface area contributed by atoms with Crippen LogP contribution in [0, 0.1) is 0 Å². The van der Waals surface area contributed by atoms with E-state index >= 15 is 0 Å². The normalized spacial score (nSPS) is 18.7.